The number of carbonyl (C=O) groups is 1. The van der Waals surface area contributed by atoms with E-state index in [9.17, 15) is 4.79 Å². The molecule has 2 N–H and O–H groups in total. The molecule has 0 aromatic rings. The van der Waals surface area contributed by atoms with Crippen molar-refractivity contribution in [2.45, 2.75) is 0 Å². The van der Waals surface area contributed by atoms with Crippen LogP contribution in [0.5, 0.6) is 0 Å². The Balaban J connectivity index is 3.58. The maximum Gasteiger partial charge on any atom is 0.350 e. The fourth-order valence-electron chi connectivity index (χ4n) is 0.0572. The predicted molar refractivity (Wildman–Crippen MR) is 26.1 cm³/mol. The van der Waals surface area contributed by atoms with Crippen LogP contribution in [-0.2, 0) is 4.79 Å². The summed E-state index contributed by atoms with van der Waals surface area (Å²) < 4.78 is 0. The van der Waals surface area contributed by atoms with Crippen molar-refractivity contribution in [2.75, 3.05) is 5.88 Å². The first-order valence-electron chi connectivity index (χ1n) is 1.55. The fourth-order valence-corrected chi connectivity index (χ4v) is 0.171. The molecule has 0 aromatic heterocycles. The van der Waals surface area contributed by atoms with Gasteiger partial charge in [-0.1, -0.05) is 0 Å². The summed E-state index contributed by atoms with van der Waals surface area (Å²) in [4.78, 5) is 9.62. The molecule has 40 valence electrons. The number of rotatable bonds is 2. The Morgan fingerprint density at radius 2 is 2.29 bits per heavy atom. The van der Waals surface area contributed by atoms with Crippen molar-refractivity contribution >= 4 is 23.3 Å². The van der Waals surface area contributed by atoms with Gasteiger partial charge in [-0.15, -0.1) is 11.6 Å². The monoisotopic (exact) mass is 121 g/mol. The molecule has 0 aliphatic carbocycles. The lowest BCUT2D eigenvalue weighted by molar-refractivity contribution is -0.129. The number of aliphatic carboxylic acids is 1. The summed E-state index contributed by atoms with van der Waals surface area (Å²) in [6, 6.07) is 0. The number of halogens is 1. The second-order valence-electron chi connectivity index (χ2n) is 0.917. The van der Waals surface area contributed by atoms with Gasteiger partial charge < -0.3 is 5.11 Å². The van der Waals surface area contributed by atoms with Gasteiger partial charge in [0, 0.05) is 0 Å². The molecule has 0 aliphatic heterocycles. The van der Waals surface area contributed by atoms with Crippen LogP contribution in [0, 0.1) is 5.41 Å². The Morgan fingerprint density at radius 3 is 2.29 bits per heavy atom. The maximum atomic E-state index is 9.62. The van der Waals surface area contributed by atoms with E-state index in [2.05, 4.69) is 0 Å². The quantitative estimate of drug-likeness (QED) is 0.409. The fraction of sp³-hybridized carbons (Fsp3) is 0.333. The van der Waals surface area contributed by atoms with Crippen LogP contribution in [-0.4, -0.2) is 22.7 Å². The molecule has 0 radical (unpaired) electrons. The summed E-state index contributed by atoms with van der Waals surface area (Å²) in [5, 5.41) is 14.3. The van der Waals surface area contributed by atoms with Crippen LogP contribution in [0.3, 0.4) is 0 Å². The molecule has 0 aliphatic rings. The summed E-state index contributed by atoms with van der Waals surface area (Å²) in [7, 11) is 0. The average Bonchev–Trinajstić information content (AvgIpc) is 1.65. The van der Waals surface area contributed by atoms with Crippen molar-refractivity contribution < 1.29 is 9.90 Å². The molecule has 3 nitrogen and oxygen atoms in total. The molecule has 0 atom stereocenters. The molecule has 4 heteroatoms. The van der Waals surface area contributed by atoms with Crippen LogP contribution in [0.25, 0.3) is 0 Å². The molecule has 0 unspecified atom stereocenters. The Kier molecular flexibility index (Phi) is 2.37. The highest BCUT2D eigenvalue weighted by molar-refractivity contribution is 6.45. The van der Waals surface area contributed by atoms with E-state index in [1.54, 1.807) is 0 Å². The van der Waals surface area contributed by atoms with E-state index in [4.69, 9.17) is 22.1 Å². The number of carboxylic acids is 1. The molecular weight excluding hydrogens is 117 g/mol. The zero-order valence-corrected chi connectivity index (χ0v) is 4.20. The smallest absolute Gasteiger partial charge is 0.350 e. The predicted octanol–water partition coefficient (Wildman–Crippen LogP) is 0.330. The van der Waals surface area contributed by atoms with Crippen molar-refractivity contribution in [3.63, 3.8) is 0 Å². The lowest BCUT2D eigenvalue weighted by Crippen LogP contribution is -2.11. The number of hydrogen-bond acceptors (Lipinski definition) is 2. The lowest BCUT2D eigenvalue weighted by atomic mass is 10.4. The van der Waals surface area contributed by atoms with Crippen molar-refractivity contribution in [1.29, 1.82) is 5.41 Å². The topological polar surface area (TPSA) is 61.2 Å². The van der Waals surface area contributed by atoms with E-state index in [0.29, 0.717) is 0 Å². The standard InChI is InChI=1S/C3H4ClNO2/c4-1-2(5)3(6)7/h5H,1H2,(H,6,7). The van der Waals surface area contributed by atoms with Gasteiger partial charge in [0.1, 0.15) is 5.71 Å². The van der Waals surface area contributed by atoms with E-state index < -0.39 is 11.7 Å². The SMILES string of the molecule is N=C(CCl)C(=O)O. The third-order valence-electron chi connectivity index (χ3n) is 0.392. The molecule has 0 bridgehead atoms. The summed E-state index contributed by atoms with van der Waals surface area (Å²) >= 11 is 4.94. The molecule has 0 amide bonds. The van der Waals surface area contributed by atoms with Crippen molar-refractivity contribution in [2.24, 2.45) is 0 Å². The van der Waals surface area contributed by atoms with Gasteiger partial charge in [0.05, 0.1) is 5.88 Å². The van der Waals surface area contributed by atoms with Crippen LogP contribution in [0.15, 0.2) is 0 Å². The van der Waals surface area contributed by atoms with Crippen molar-refractivity contribution in [3.8, 4) is 0 Å². The van der Waals surface area contributed by atoms with Crippen LogP contribution in [0.4, 0.5) is 0 Å². The second kappa shape index (κ2) is 2.58. The highest BCUT2D eigenvalue weighted by Crippen LogP contribution is 1.77. The van der Waals surface area contributed by atoms with Gasteiger partial charge in [0.2, 0.25) is 0 Å². The Hall–Kier alpha value is -0.570. The largest absolute Gasteiger partial charge is 0.477 e. The molecule has 0 heterocycles. The molecule has 0 spiro atoms. The Labute approximate surface area is 45.4 Å². The molecule has 0 rings (SSSR count). The van der Waals surface area contributed by atoms with E-state index >= 15 is 0 Å². The van der Waals surface area contributed by atoms with Gasteiger partial charge in [-0.25, -0.2) is 4.79 Å². The normalized spacial score (nSPS) is 8.14. The highest BCUT2D eigenvalue weighted by atomic mass is 35.5. The van der Waals surface area contributed by atoms with E-state index in [-0.39, 0.29) is 5.88 Å². The van der Waals surface area contributed by atoms with Gasteiger partial charge in [-0.2, -0.15) is 0 Å². The van der Waals surface area contributed by atoms with Gasteiger partial charge >= 0.3 is 5.97 Å². The van der Waals surface area contributed by atoms with Gasteiger partial charge in [-0.05, 0) is 0 Å². The molecule has 0 saturated carbocycles. The van der Waals surface area contributed by atoms with E-state index in [1.807, 2.05) is 0 Å². The minimum atomic E-state index is -1.25. The Bertz CT molecular complexity index is 101. The summed E-state index contributed by atoms with van der Waals surface area (Å²) in [6.45, 7) is 0. The van der Waals surface area contributed by atoms with Crippen LogP contribution in [0.1, 0.15) is 0 Å². The zero-order chi connectivity index (χ0) is 5.86. The first-order chi connectivity index (χ1) is 3.18. The van der Waals surface area contributed by atoms with Crippen molar-refractivity contribution in [3.05, 3.63) is 0 Å². The van der Waals surface area contributed by atoms with E-state index in [0.717, 1.165) is 0 Å². The van der Waals surface area contributed by atoms with E-state index in [1.165, 1.54) is 0 Å². The van der Waals surface area contributed by atoms with Crippen LogP contribution in [0.2, 0.25) is 0 Å². The van der Waals surface area contributed by atoms with Crippen molar-refractivity contribution in [1.82, 2.24) is 0 Å². The van der Waals surface area contributed by atoms with Gasteiger partial charge in [0.15, 0.2) is 0 Å². The first-order valence-corrected chi connectivity index (χ1v) is 2.08. The Morgan fingerprint density at radius 1 is 1.86 bits per heavy atom. The minimum Gasteiger partial charge on any atom is -0.477 e. The van der Waals surface area contributed by atoms with Crippen LogP contribution >= 0.6 is 11.6 Å². The number of alkyl halides is 1. The number of carboxylic acid groups (broad SMARTS) is 1. The molecule has 0 fully saturated rings. The first kappa shape index (κ1) is 6.43. The maximum absolute atomic E-state index is 9.62. The zero-order valence-electron chi connectivity index (χ0n) is 3.44. The number of hydrogen-bond donors (Lipinski definition) is 2. The lowest BCUT2D eigenvalue weighted by Gasteiger charge is -1.83. The number of nitrogens with one attached hydrogen (secondary N) is 1. The highest BCUT2D eigenvalue weighted by Gasteiger charge is 2.01. The summed E-state index contributed by atoms with van der Waals surface area (Å²) in [5.41, 5.74) is -0.471. The van der Waals surface area contributed by atoms with Gasteiger partial charge in [0.25, 0.3) is 0 Å². The third-order valence-corrected chi connectivity index (χ3v) is 0.659. The summed E-state index contributed by atoms with van der Waals surface area (Å²) in [5.74, 6) is -1.48. The molecule has 0 aromatic carbocycles. The van der Waals surface area contributed by atoms with Gasteiger partial charge in [-0.3, -0.25) is 5.41 Å². The minimum absolute atomic E-state index is 0.227. The third kappa shape index (κ3) is 2.17. The molecular formula is C3H4ClNO2. The molecule has 0 saturated heterocycles. The van der Waals surface area contributed by atoms with Crippen LogP contribution < -0.4 is 0 Å². The second-order valence-corrected chi connectivity index (χ2v) is 1.18. The average molecular weight is 122 g/mol. The molecule has 7 heavy (non-hydrogen) atoms. The summed E-state index contributed by atoms with van der Waals surface area (Å²) in [6.07, 6.45) is 0.